The van der Waals surface area contributed by atoms with Gasteiger partial charge in [-0.25, -0.2) is 4.79 Å². The van der Waals surface area contributed by atoms with Crippen LogP contribution in [0.1, 0.15) is 13.3 Å². The Morgan fingerprint density at radius 2 is 2.31 bits per heavy atom. The summed E-state index contributed by atoms with van der Waals surface area (Å²) in [6, 6.07) is 0. The van der Waals surface area contributed by atoms with E-state index >= 15 is 0 Å². The van der Waals surface area contributed by atoms with E-state index in [1.165, 1.54) is 6.20 Å². The number of carbonyl (C=O) groups excluding carboxylic acids is 1. The monoisotopic (exact) mass is 185 g/mol. The molecule has 0 aliphatic rings. The molecule has 0 aromatic carbocycles. The summed E-state index contributed by atoms with van der Waals surface area (Å²) < 4.78 is 4.80. The van der Waals surface area contributed by atoms with E-state index in [0.717, 1.165) is 6.42 Å². The zero-order chi connectivity index (χ0) is 10.3. The van der Waals surface area contributed by atoms with E-state index in [-0.39, 0.29) is 11.4 Å². The summed E-state index contributed by atoms with van der Waals surface area (Å²) in [6.07, 6.45) is 2.09. The summed E-state index contributed by atoms with van der Waals surface area (Å²) in [4.78, 5) is 11.2. The predicted octanol–water partition coefficient (Wildman–Crippen LogP) is -0.0211. The highest BCUT2D eigenvalue weighted by Gasteiger charge is 2.12. The SMILES string of the molecule is CCCOC(=O)/C(=C/NC)C(=N)N. The van der Waals surface area contributed by atoms with Crippen molar-refractivity contribution in [1.29, 1.82) is 5.41 Å². The highest BCUT2D eigenvalue weighted by Crippen LogP contribution is 1.96. The first-order valence-corrected chi connectivity index (χ1v) is 4.02. The molecule has 0 amide bonds. The summed E-state index contributed by atoms with van der Waals surface area (Å²) in [5, 5.41) is 9.71. The van der Waals surface area contributed by atoms with Crippen LogP contribution in [0, 0.1) is 5.41 Å². The number of ether oxygens (including phenoxy) is 1. The first-order valence-electron chi connectivity index (χ1n) is 4.02. The Bertz CT molecular complexity index is 223. The van der Waals surface area contributed by atoms with E-state index < -0.39 is 5.97 Å². The van der Waals surface area contributed by atoms with Gasteiger partial charge in [0.1, 0.15) is 11.4 Å². The van der Waals surface area contributed by atoms with Crippen molar-refractivity contribution in [3.05, 3.63) is 11.8 Å². The summed E-state index contributed by atoms with van der Waals surface area (Å²) in [5.74, 6) is -0.862. The quantitative estimate of drug-likeness (QED) is 0.243. The third kappa shape index (κ3) is 4.15. The molecule has 0 radical (unpaired) electrons. The van der Waals surface area contributed by atoms with E-state index in [1.807, 2.05) is 6.92 Å². The minimum Gasteiger partial charge on any atom is -0.462 e. The average molecular weight is 185 g/mol. The number of carbonyl (C=O) groups is 1. The van der Waals surface area contributed by atoms with Crippen molar-refractivity contribution in [2.24, 2.45) is 5.73 Å². The third-order valence-corrected chi connectivity index (χ3v) is 1.24. The zero-order valence-electron chi connectivity index (χ0n) is 7.89. The van der Waals surface area contributed by atoms with Crippen LogP contribution in [0.3, 0.4) is 0 Å². The van der Waals surface area contributed by atoms with Crippen molar-refractivity contribution in [3.63, 3.8) is 0 Å². The lowest BCUT2D eigenvalue weighted by molar-refractivity contribution is -0.138. The molecule has 5 heteroatoms. The van der Waals surface area contributed by atoms with Crippen LogP contribution in [0.25, 0.3) is 0 Å². The first-order chi connectivity index (χ1) is 6.13. The smallest absolute Gasteiger partial charge is 0.343 e. The number of nitrogens with two attached hydrogens (primary N) is 1. The van der Waals surface area contributed by atoms with Crippen LogP contribution in [0.5, 0.6) is 0 Å². The first kappa shape index (κ1) is 11.5. The summed E-state index contributed by atoms with van der Waals surface area (Å²) >= 11 is 0. The molecule has 5 nitrogen and oxygen atoms in total. The average Bonchev–Trinajstić information content (AvgIpc) is 2.09. The summed E-state index contributed by atoms with van der Waals surface area (Å²) in [7, 11) is 1.62. The van der Waals surface area contributed by atoms with Gasteiger partial charge in [-0.2, -0.15) is 0 Å². The number of rotatable bonds is 5. The fourth-order valence-electron chi connectivity index (χ4n) is 0.663. The molecule has 0 spiro atoms. The lowest BCUT2D eigenvalue weighted by Gasteiger charge is -2.05. The molecule has 0 aromatic heterocycles. The van der Waals surface area contributed by atoms with E-state index in [9.17, 15) is 4.79 Å². The van der Waals surface area contributed by atoms with E-state index in [0.29, 0.717) is 6.61 Å². The van der Waals surface area contributed by atoms with Crippen molar-refractivity contribution in [2.75, 3.05) is 13.7 Å². The van der Waals surface area contributed by atoms with Gasteiger partial charge in [-0.05, 0) is 6.42 Å². The Labute approximate surface area is 77.5 Å². The lowest BCUT2D eigenvalue weighted by atomic mass is 10.2. The fraction of sp³-hybridized carbons (Fsp3) is 0.500. The second-order valence-corrected chi connectivity index (χ2v) is 2.40. The minimum atomic E-state index is -0.566. The molecular formula is C8H15N3O2. The standard InChI is InChI=1S/C8H15N3O2/c1-3-4-13-8(12)6(5-11-2)7(9)10/h5,11H,3-4H2,1-2H3,(H3,9,10)/b6-5+. The van der Waals surface area contributed by atoms with Crippen LogP contribution < -0.4 is 11.1 Å². The maximum Gasteiger partial charge on any atom is 0.343 e. The molecule has 0 atom stereocenters. The lowest BCUT2D eigenvalue weighted by Crippen LogP contribution is -2.23. The molecule has 0 rings (SSSR count). The van der Waals surface area contributed by atoms with Crippen LogP contribution in [0.15, 0.2) is 11.8 Å². The van der Waals surface area contributed by atoms with Crippen LogP contribution in [0.2, 0.25) is 0 Å². The van der Waals surface area contributed by atoms with Gasteiger partial charge in [-0.15, -0.1) is 0 Å². The Kier molecular flexibility index (Phi) is 5.34. The fourth-order valence-corrected chi connectivity index (χ4v) is 0.663. The van der Waals surface area contributed by atoms with Crippen LogP contribution in [-0.2, 0) is 9.53 Å². The molecule has 13 heavy (non-hydrogen) atoms. The highest BCUT2D eigenvalue weighted by molar-refractivity contribution is 6.16. The van der Waals surface area contributed by atoms with Gasteiger partial charge in [0, 0.05) is 13.2 Å². The number of nitrogens with one attached hydrogen (secondary N) is 2. The molecule has 0 fully saturated rings. The van der Waals surface area contributed by atoms with Gasteiger partial charge < -0.3 is 15.8 Å². The van der Waals surface area contributed by atoms with Crippen molar-refractivity contribution < 1.29 is 9.53 Å². The van der Waals surface area contributed by atoms with Crippen molar-refractivity contribution in [2.45, 2.75) is 13.3 Å². The zero-order valence-corrected chi connectivity index (χ0v) is 7.89. The normalized spacial score (nSPS) is 10.8. The highest BCUT2D eigenvalue weighted by atomic mass is 16.5. The second kappa shape index (κ2) is 6.05. The van der Waals surface area contributed by atoms with E-state index in [2.05, 4.69) is 5.32 Å². The molecule has 0 aliphatic carbocycles. The second-order valence-electron chi connectivity index (χ2n) is 2.40. The topological polar surface area (TPSA) is 88.2 Å². The molecule has 0 saturated heterocycles. The third-order valence-electron chi connectivity index (χ3n) is 1.24. The number of hydrogen-bond donors (Lipinski definition) is 3. The van der Waals surface area contributed by atoms with Gasteiger partial charge in [0.05, 0.1) is 6.61 Å². The van der Waals surface area contributed by atoms with Crippen molar-refractivity contribution in [3.8, 4) is 0 Å². The van der Waals surface area contributed by atoms with Gasteiger partial charge in [0.2, 0.25) is 0 Å². The maximum absolute atomic E-state index is 11.2. The minimum absolute atomic E-state index is 0.0518. The maximum atomic E-state index is 11.2. The molecule has 0 bridgehead atoms. The predicted molar refractivity (Wildman–Crippen MR) is 50.3 cm³/mol. The van der Waals surface area contributed by atoms with Crippen LogP contribution in [-0.4, -0.2) is 25.5 Å². The van der Waals surface area contributed by atoms with Crippen molar-refractivity contribution >= 4 is 11.8 Å². The van der Waals surface area contributed by atoms with Crippen LogP contribution in [0.4, 0.5) is 0 Å². The molecular weight excluding hydrogens is 170 g/mol. The molecule has 0 aliphatic heterocycles. The largest absolute Gasteiger partial charge is 0.462 e. The Hall–Kier alpha value is -1.52. The molecule has 0 heterocycles. The van der Waals surface area contributed by atoms with Gasteiger partial charge in [-0.3, -0.25) is 5.41 Å². The molecule has 74 valence electrons. The molecule has 0 unspecified atom stereocenters. The summed E-state index contributed by atoms with van der Waals surface area (Å²) in [5.41, 5.74) is 5.22. The Balaban J connectivity index is 4.30. The van der Waals surface area contributed by atoms with E-state index in [1.54, 1.807) is 7.05 Å². The van der Waals surface area contributed by atoms with Crippen LogP contribution >= 0.6 is 0 Å². The van der Waals surface area contributed by atoms with Gasteiger partial charge in [-0.1, -0.05) is 6.92 Å². The molecule has 4 N–H and O–H groups in total. The van der Waals surface area contributed by atoms with Gasteiger partial charge >= 0.3 is 5.97 Å². The van der Waals surface area contributed by atoms with Crippen molar-refractivity contribution in [1.82, 2.24) is 5.32 Å². The number of amidine groups is 1. The Morgan fingerprint density at radius 1 is 1.69 bits per heavy atom. The van der Waals surface area contributed by atoms with Gasteiger partial charge in [0.15, 0.2) is 0 Å². The Morgan fingerprint density at radius 3 is 2.69 bits per heavy atom. The van der Waals surface area contributed by atoms with Gasteiger partial charge in [0.25, 0.3) is 0 Å². The number of hydrogen-bond acceptors (Lipinski definition) is 4. The molecule has 0 aromatic rings. The summed E-state index contributed by atoms with van der Waals surface area (Å²) in [6.45, 7) is 2.23. The molecule has 0 saturated carbocycles. The number of esters is 1. The van der Waals surface area contributed by atoms with E-state index in [4.69, 9.17) is 15.9 Å².